The molecule has 2 aromatic rings. The molecule has 166 valence electrons. The van der Waals surface area contributed by atoms with E-state index in [0.29, 0.717) is 25.1 Å². The summed E-state index contributed by atoms with van der Waals surface area (Å²) < 4.78 is 39.8. The summed E-state index contributed by atoms with van der Waals surface area (Å²) in [4.78, 5) is 17.5. The molecule has 0 saturated carbocycles. The van der Waals surface area contributed by atoms with Crippen LogP contribution in [0.15, 0.2) is 48.5 Å². The predicted molar refractivity (Wildman–Crippen MR) is 115 cm³/mol. The van der Waals surface area contributed by atoms with Crippen molar-refractivity contribution in [2.45, 2.75) is 45.1 Å². The van der Waals surface area contributed by atoms with E-state index in [4.69, 9.17) is 0 Å². The number of anilines is 1. The molecule has 2 aliphatic rings. The first-order valence-corrected chi connectivity index (χ1v) is 10.8. The number of benzene rings is 2. The van der Waals surface area contributed by atoms with E-state index in [2.05, 4.69) is 27.2 Å². The zero-order chi connectivity index (χ0) is 22.2. The Balaban J connectivity index is 1.63. The van der Waals surface area contributed by atoms with Gasteiger partial charge in [-0.15, -0.1) is 0 Å². The summed E-state index contributed by atoms with van der Waals surface area (Å²) >= 11 is 0. The summed E-state index contributed by atoms with van der Waals surface area (Å²) in [6.45, 7) is 6.77. The smallest absolute Gasteiger partial charge is 0.365 e. The van der Waals surface area contributed by atoms with Gasteiger partial charge < -0.3 is 10.2 Å². The molecular weight excluding hydrogens is 403 g/mol. The van der Waals surface area contributed by atoms with E-state index in [0.717, 1.165) is 24.8 Å². The molecule has 0 unspecified atom stereocenters. The number of hydrogen-bond donors (Lipinski definition) is 1. The fourth-order valence-corrected chi connectivity index (χ4v) is 4.74. The van der Waals surface area contributed by atoms with E-state index < -0.39 is 17.7 Å². The molecule has 7 heteroatoms. The number of hydrogen-bond acceptors (Lipinski definition) is 3. The molecule has 1 fully saturated rings. The Hall–Kier alpha value is -2.54. The molecule has 1 saturated heterocycles. The van der Waals surface area contributed by atoms with Crippen molar-refractivity contribution in [3.8, 4) is 0 Å². The van der Waals surface area contributed by atoms with Gasteiger partial charge >= 0.3 is 6.18 Å². The van der Waals surface area contributed by atoms with Crippen molar-refractivity contribution in [1.82, 2.24) is 10.2 Å². The Morgan fingerprint density at radius 1 is 1.13 bits per heavy atom. The van der Waals surface area contributed by atoms with E-state index in [9.17, 15) is 18.0 Å². The van der Waals surface area contributed by atoms with Gasteiger partial charge in [-0.2, -0.15) is 13.2 Å². The van der Waals surface area contributed by atoms with Crippen LogP contribution in [0.3, 0.4) is 0 Å². The number of fused-ring (bicyclic) bond motifs is 3. The Bertz CT molecular complexity index is 929. The summed E-state index contributed by atoms with van der Waals surface area (Å²) in [6.07, 6.45) is -4.08. The van der Waals surface area contributed by atoms with Crippen molar-refractivity contribution in [3.63, 3.8) is 0 Å². The lowest BCUT2D eigenvalue weighted by molar-refractivity contribution is -0.137. The molecule has 4 nitrogen and oxygen atoms in total. The number of alkyl halides is 3. The minimum Gasteiger partial charge on any atom is -0.365 e. The topological polar surface area (TPSA) is 35.6 Å². The maximum atomic E-state index is 13.3. The van der Waals surface area contributed by atoms with Crippen LogP contribution in [0, 0.1) is 5.92 Å². The number of nitrogens with one attached hydrogen (secondary N) is 1. The van der Waals surface area contributed by atoms with Crippen molar-refractivity contribution in [2.75, 3.05) is 24.5 Å². The summed E-state index contributed by atoms with van der Waals surface area (Å²) in [7, 11) is 0. The van der Waals surface area contributed by atoms with Gasteiger partial charge in [0.15, 0.2) is 0 Å². The van der Waals surface area contributed by atoms with Crippen molar-refractivity contribution in [1.29, 1.82) is 0 Å². The van der Waals surface area contributed by atoms with Gasteiger partial charge in [-0.3, -0.25) is 9.69 Å². The molecule has 0 bridgehead atoms. The third-order valence-electron chi connectivity index (χ3n) is 6.14. The second kappa shape index (κ2) is 8.54. The lowest BCUT2D eigenvalue weighted by Crippen LogP contribution is -2.61. The number of carbonyl (C=O) groups is 1. The fourth-order valence-electron chi connectivity index (χ4n) is 4.74. The lowest BCUT2D eigenvalue weighted by atomic mass is 9.82. The number of halogens is 3. The minimum absolute atomic E-state index is 0.0205. The van der Waals surface area contributed by atoms with E-state index in [-0.39, 0.29) is 18.0 Å². The molecule has 2 aromatic carbocycles. The van der Waals surface area contributed by atoms with Crippen molar-refractivity contribution >= 4 is 11.6 Å². The summed E-state index contributed by atoms with van der Waals surface area (Å²) in [5.74, 6) is -0.480. The van der Waals surface area contributed by atoms with Crippen molar-refractivity contribution in [2.24, 2.45) is 5.92 Å². The Morgan fingerprint density at radius 3 is 2.55 bits per heavy atom. The van der Waals surface area contributed by atoms with Crippen LogP contribution < -0.4 is 10.2 Å². The Kier molecular flexibility index (Phi) is 5.97. The first kappa shape index (κ1) is 21.7. The zero-order valence-electron chi connectivity index (χ0n) is 17.8. The number of nitrogens with zero attached hydrogens (tertiary/aromatic N) is 2. The Morgan fingerprint density at radius 2 is 1.87 bits per heavy atom. The van der Waals surface area contributed by atoms with Crippen LogP contribution in [0.4, 0.5) is 18.9 Å². The van der Waals surface area contributed by atoms with Crippen LogP contribution in [0.25, 0.3) is 0 Å². The van der Waals surface area contributed by atoms with Gasteiger partial charge in [-0.05, 0) is 49.6 Å². The zero-order valence-corrected chi connectivity index (χ0v) is 17.8. The highest BCUT2D eigenvalue weighted by atomic mass is 19.4. The molecule has 1 N–H and O–H groups in total. The fraction of sp³-hybridized carbons (Fsp3) is 0.458. The van der Waals surface area contributed by atoms with Crippen LogP contribution in [0.2, 0.25) is 0 Å². The first-order chi connectivity index (χ1) is 14.7. The van der Waals surface area contributed by atoms with E-state index in [1.54, 1.807) is 6.07 Å². The number of amides is 1. The van der Waals surface area contributed by atoms with Gasteiger partial charge in [0.2, 0.25) is 5.91 Å². The third-order valence-corrected chi connectivity index (χ3v) is 6.14. The summed E-state index contributed by atoms with van der Waals surface area (Å²) in [6, 6.07) is 14.1. The molecule has 2 atom stereocenters. The van der Waals surface area contributed by atoms with Gasteiger partial charge in [0.05, 0.1) is 17.5 Å². The van der Waals surface area contributed by atoms with Crippen LogP contribution in [0.1, 0.15) is 30.5 Å². The van der Waals surface area contributed by atoms with Gasteiger partial charge in [0.25, 0.3) is 0 Å². The second-order valence-corrected chi connectivity index (χ2v) is 8.80. The normalized spacial score (nSPS) is 21.5. The van der Waals surface area contributed by atoms with Gasteiger partial charge in [0.1, 0.15) is 0 Å². The van der Waals surface area contributed by atoms with Crippen LogP contribution in [-0.2, 0) is 23.9 Å². The van der Waals surface area contributed by atoms with Crippen molar-refractivity contribution < 1.29 is 18.0 Å². The minimum atomic E-state index is -4.39. The van der Waals surface area contributed by atoms with Crippen LogP contribution in [0.5, 0.6) is 0 Å². The first-order valence-electron chi connectivity index (χ1n) is 10.8. The quantitative estimate of drug-likeness (QED) is 0.792. The number of carbonyl (C=O) groups excluding carboxylic acids is 1. The van der Waals surface area contributed by atoms with Gasteiger partial charge in [0, 0.05) is 37.9 Å². The van der Waals surface area contributed by atoms with Crippen LogP contribution >= 0.6 is 0 Å². The highest BCUT2D eigenvalue weighted by Crippen LogP contribution is 2.40. The van der Waals surface area contributed by atoms with Crippen molar-refractivity contribution in [3.05, 3.63) is 65.2 Å². The van der Waals surface area contributed by atoms with Gasteiger partial charge in [-0.25, -0.2) is 0 Å². The van der Waals surface area contributed by atoms with Gasteiger partial charge in [-0.1, -0.05) is 30.3 Å². The molecule has 4 rings (SSSR count). The maximum absolute atomic E-state index is 13.3. The molecule has 2 aliphatic heterocycles. The average Bonchev–Trinajstić information content (AvgIpc) is 2.72. The average molecular weight is 432 g/mol. The molecule has 2 heterocycles. The second-order valence-electron chi connectivity index (χ2n) is 8.80. The largest absolute Gasteiger partial charge is 0.416 e. The molecule has 0 spiro atoms. The molecule has 0 radical (unpaired) electrons. The van der Waals surface area contributed by atoms with E-state index in [1.807, 2.05) is 32.0 Å². The SMILES string of the molecule is CC(C)NC(=O)[C@@H]1Cc2cc(C(F)(F)F)ccc2N2CCN(Cc3ccccc3)C[C@H]12. The molecular formula is C24H28F3N3O. The number of rotatable bonds is 4. The third kappa shape index (κ3) is 4.71. The van der Waals surface area contributed by atoms with E-state index in [1.165, 1.54) is 11.6 Å². The van der Waals surface area contributed by atoms with E-state index >= 15 is 0 Å². The molecule has 0 aromatic heterocycles. The molecule has 0 aliphatic carbocycles. The summed E-state index contributed by atoms with van der Waals surface area (Å²) in [5, 5.41) is 2.98. The van der Waals surface area contributed by atoms with Crippen LogP contribution in [-0.4, -0.2) is 42.5 Å². The monoisotopic (exact) mass is 431 g/mol. The maximum Gasteiger partial charge on any atom is 0.416 e. The summed E-state index contributed by atoms with van der Waals surface area (Å²) in [5.41, 5.74) is 1.98. The standard InChI is InChI=1S/C24H28F3N3O/c1-16(2)28-23(31)20-13-18-12-19(24(25,26)27)8-9-21(18)30-11-10-29(15-22(20)30)14-17-6-4-3-5-7-17/h3-9,12,16,20,22H,10-11,13-15H2,1-2H3,(H,28,31)/t20-,22-/m1/s1. The predicted octanol–water partition coefficient (Wildman–Crippen LogP) is 4.09. The molecule has 1 amide bonds. The Labute approximate surface area is 181 Å². The highest BCUT2D eigenvalue weighted by molar-refractivity contribution is 5.82. The highest BCUT2D eigenvalue weighted by Gasteiger charge is 2.42. The number of piperazine rings is 1. The molecule has 31 heavy (non-hydrogen) atoms. The lowest BCUT2D eigenvalue weighted by Gasteiger charge is -2.49.